The van der Waals surface area contributed by atoms with E-state index in [1.165, 1.54) is 4.31 Å². The Morgan fingerprint density at radius 2 is 2.05 bits per heavy atom. The minimum absolute atomic E-state index is 0. The van der Waals surface area contributed by atoms with Crippen LogP contribution >= 0.6 is 28.3 Å². The molecule has 1 saturated heterocycles. The summed E-state index contributed by atoms with van der Waals surface area (Å²) in [4.78, 5) is 0.259. The summed E-state index contributed by atoms with van der Waals surface area (Å²) in [5.41, 5.74) is 5.85. The average molecular weight is 414 g/mol. The SMILES string of the molecule is COc1ccc(S(=O)(=O)N2CCC(N)C(C)(C)C2)c(Br)c1.Cl. The molecular weight excluding hydrogens is 392 g/mol. The van der Waals surface area contributed by atoms with E-state index in [1.807, 2.05) is 13.8 Å². The van der Waals surface area contributed by atoms with Gasteiger partial charge in [-0.3, -0.25) is 0 Å². The second-order valence-electron chi connectivity index (χ2n) is 6.02. The molecular formula is C14H22BrClN2O3S. The van der Waals surface area contributed by atoms with E-state index in [2.05, 4.69) is 15.9 Å². The van der Waals surface area contributed by atoms with E-state index in [1.54, 1.807) is 25.3 Å². The Bertz CT molecular complexity index is 637. The zero-order chi connectivity index (χ0) is 15.8. The van der Waals surface area contributed by atoms with Crippen molar-refractivity contribution < 1.29 is 13.2 Å². The molecule has 2 N–H and O–H groups in total. The molecule has 1 aliphatic rings. The highest BCUT2D eigenvalue weighted by Crippen LogP contribution is 2.34. The lowest BCUT2D eigenvalue weighted by Gasteiger charge is -2.41. The van der Waals surface area contributed by atoms with Gasteiger partial charge in [0.25, 0.3) is 0 Å². The molecule has 5 nitrogen and oxygen atoms in total. The van der Waals surface area contributed by atoms with E-state index in [4.69, 9.17) is 10.5 Å². The highest BCUT2D eigenvalue weighted by molar-refractivity contribution is 9.10. The number of piperidine rings is 1. The minimum Gasteiger partial charge on any atom is -0.497 e. The van der Waals surface area contributed by atoms with Crippen LogP contribution in [0.5, 0.6) is 5.75 Å². The van der Waals surface area contributed by atoms with Crippen LogP contribution in [0.4, 0.5) is 0 Å². The fourth-order valence-electron chi connectivity index (χ4n) is 2.49. The zero-order valence-corrected chi connectivity index (χ0v) is 16.1. The van der Waals surface area contributed by atoms with E-state index >= 15 is 0 Å². The fraction of sp³-hybridized carbons (Fsp3) is 0.571. The second-order valence-corrected chi connectivity index (χ2v) is 8.78. The molecule has 0 spiro atoms. The van der Waals surface area contributed by atoms with Crippen molar-refractivity contribution in [3.8, 4) is 5.75 Å². The van der Waals surface area contributed by atoms with Crippen LogP contribution in [0.2, 0.25) is 0 Å². The third-order valence-corrected chi connectivity index (χ3v) is 6.86. The maximum Gasteiger partial charge on any atom is 0.244 e. The third-order valence-electron chi connectivity index (χ3n) is 4.03. The first kappa shape index (κ1) is 19.7. The largest absolute Gasteiger partial charge is 0.497 e. The van der Waals surface area contributed by atoms with Crippen molar-refractivity contribution in [1.29, 1.82) is 0 Å². The highest BCUT2D eigenvalue weighted by Gasteiger charge is 2.39. The zero-order valence-electron chi connectivity index (χ0n) is 12.9. The summed E-state index contributed by atoms with van der Waals surface area (Å²) in [5.74, 6) is 0.613. The van der Waals surface area contributed by atoms with E-state index < -0.39 is 10.0 Å². The van der Waals surface area contributed by atoms with Gasteiger partial charge in [0, 0.05) is 23.6 Å². The quantitative estimate of drug-likeness (QED) is 0.827. The summed E-state index contributed by atoms with van der Waals surface area (Å²) in [7, 11) is -1.99. The molecule has 126 valence electrons. The van der Waals surface area contributed by atoms with Crippen LogP contribution in [0.15, 0.2) is 27.6 Å². The molecule has 0 saturated carbocycles. The Kier molecular flexibility index (Phi) is 6.31. The van der Waals surface area contributed by atoms with Gasteiger partial charge in [0.1, 0.15) is 5.75 Å². The van der Waals surface area contributed by atoms with Gasteiger partial charge in [-0.25, -0.2) is 8.42 Å². The number of ether oxygens (including phenoxy) is 1. The Balaban J connectivity index is 0.00000242. The molecule has 8 heteroatoms. The average Bonchev–Trinajstić information content (AvgIpc) is 2.41. The number of nitrogens with two attached hydrogens (primary N) is 1. The van der Waals surface area contributed by atoms with Crippen molar-refractivity contribution in [3.63, 3.8) is 0 Å². The van der Waals surface area contributed by atoms with Crippen molar-refractivity contribution in [2.75, 3.05) is 20.2 Å². The van der Waals surface area contributed by atoms with Gasteiger partial charge in [-0.05, 0) is 46.0 Å². The first-order valence-corrected chi connectivity index (χ1v) is 9.01. The smallest absolute Gasteiger partial charge is 0.244 e. The summed E-state index contributed by atoms with van der Waals surface area (Å²) in [6, 6.07) is 4.90. The molecule has 1 heterocycles. The van der Waals surface area contributed by atoms with Crippen LogP contribution < -0.4 is 10.5 Å². The lowest BCUT2D eigenvalue weighted by molar-refractivity contribution is 0.155. The Hall–Kier alpha value is -0.340. The van der Waals surface area contributed by atoms with Gasteiger partial charge >= 0.3 is 0 Å². The van der Waals surface area contributed by atoms with Crippen LogP contribution in [0.25, 0.3) is 0 Å². The van der Waals surface area contributed by atoms with Gasteiger partial charge in [-0.2, -0.15) is 4.31 Å². The van der Waals surface area contributed by atoms with Gasteiger partial charge in [0.15, 0.2) is 0 Å². The number of benzene rings is 1. The number of methoxy groups -OCH3 is 1. The van der Waals surface area contributed by atoms with E-state index in [0.29, 0.717) is 29.7 Å². The topological polar surface area (TPSA) is 72.6 Å². The van der Waals surface area contributed by atoms with Crippen LogP contribution in [-0.2, 0) is 10.0 Å². The Morgan fingerprint density at radius 1 is 1.41 bits per heavy atom. The molecule has 0 aromatic heterocycles. The third kappa shape index (κ3) is 3.76. The van der Waals surface area contributed by atoms with Gasteiger partial charge in [-0.15, -0.1) is 12.4 Å². The summed E-state index contributed by atoms with van der Waals surface area (Å²) < 4.78 is 32.8. The standard InChI is InChI=1S/C14H21BrN2O3S.ClH/c1-14(2)9-17(7-6-13(14)16)21(18,19)12-5-4-10(20-3)8-11(12)15;/h4-5,8,13H,6-7,9,16H2,1-3H3;1H. The summed E-state index contributed by atoms with van der Waals surface area (Å²) in [6.07, 6.45) is 0.667. The normalized spacial score (nSPS) is 22.0. The van der Waals surface area contributed by atoms with E-state index in [9.17, 15) is 8.42 Å². The number of rotatable bonds is 3. The Labute approximate surface area is 146 Å². The molecule has 1 aromatic rings. The van der Waals surface area contributed by atoms with Gasteiger partial charge in [0.2, 0.25) is 10.0 Å². The molecule has 0 bridgehead atoms. The first-order valence-electron chi connectivity index (χ1n) is 6.78. The summed E-state index contributed by atoms with van der Waals surface area (Å²) in [6.45, 7) is 4.88. The minimum atomic E-state index is -3.54. The predicted octanol–water partition coefficient (Wildman–Crippen LogP) is 2.63. The molecule has 22 heavy (non-hydrogen) atoms. The van der Waals surface area contributed by atoms with Crippen molar-refractivity contribution in [2.45, 2.75) is 31.2 Å². The summed E-state index contributed by atoms with van der Waals surface area (Å²) >= 11 is 3.32. The second kappa shape index (κ2) is 7.05. The summed E-state index contributed by atoms with van der Waals surface area (Å²) in [5, 5.41) is 0. The first-order chi connectivity index (χ1) is 9.68. The van der Waals surface area contributed by atoms with Crippen molar-refractivity contribution in [2.24, 2.45) is 11.1 Å². The molecule has 1 aliphatic heterocycles. The van der Waals surface area contributed by atoms with E-state index in [0.717, 1.165) is 0 Å². The maximum absolute atomic E-state index is 12.8. The molecule has 0 aliphatic carbocycles. The monoisotopic (exact) mass is 412 g/mol. The molecule has 1 fully saturated rings. The molecule has 0 radical (unpaired) electrons. The molecule has 1 aromatic carbocycles. The van der Waals surface area contributed by atoms with Gasteiger partial charge in [-0.1, -0.05) is 13.8 Å². The molecule has 1 unspecified atom stereocenters. The molecule has 1 atom stereocenters. The number of nitrogens with zero attached hydrogens (tertiary/aromatic N) is 1. The fourth-order valence-corrected chi connectivity index (χ4v) is 5.13. The van der Waals surface area contributed by atoms with Crippen LogP contribution in [-0.4, -0.2) is 39.0 Å². The van der Waals surface area contributed by atoms with Gasteiger partial charge < -0.3 is 10.5 Å². The maximum atomic E-state index is 12.8. The van der Waals surface area contributed by atoms with Gasteiger partial charge in [0.05, 0.1) is 12.0 Å². The van der Waals surface area contributed by atoms with E-state index in [-0.39, 0.29) is 28.8 Å². The lowest BCUT2D eigenvalue weighted by atomic mass is 9.81. The lowest BCUT2D eigenvalue weighted by Crippen LogP contribution is -2.53. The molecule has 2 rings (SSSR count). The molecule has 0 amide bonds. The number of hydrogen-bond acceptors (Lipinski definition) is 4. The Morgan fingerprint density at radius 3 is 2.55 bits per heavy atom. The number of hydrogen-bond donors (Lipinski definition) is 1. The number of sulfonamides is 1. The van der Waals surface area contributed by atoms with Crippen LogP contribution in [0, 0.1) is 5.41 Å². The highest BCUT2D eigenvalue weighted by atomic mass is 79.9. The predicted molar refractivity (Wildman–Crippen MR) is 93.1 cm³/mol. The van der Waals surface area contributed by atoms with Crippen LogP contribution in [0.1, 0.15) is 20.3 Å². The van der Waals surface area contributed by atoms with Crippen molar-refractivity contribution >= 4 is 38.4 Å². The van der Waals surface area contributed by atoms with Crippen molar-refractivity contribution in [1.82, 2.24) is 4.31 Å². The van der Waals surface area contributed by atoms with Crippen molar-refractivity contribution in [3.05, 3.63) is 22.7 Å². The van der Waals surface area contributed by atoms with Crippen LogP contribution in [0.3, 0.4) is 0 Å². The number of halogens is 2.